The zero-order valence-corrected chi connectivity index (χ0v) is 13.0. The summed E-state index contributed by atoms with van der Waals surface area (Å²) in [7, 11) is 0. The van der Waals surface area contributed by atoms with Gasteiger partial charge in [-0.3, -0.25) is 0 Å². The number of aliphatic hydroxyl groups excluding tert-OH is 1. The molecule has 1 aromatic rings. The highest BCUT2D eigenvalue weighted by atomic mass is 35.5. The SMILES string of the molecule is OC[C@H]1C=C[C@@H](NCc2c(Cl)cccc2N2CCCC2)C1. The van der Waals surface area contributed by atoms with E-state index < -0.39 is 0 Å². The summed E-state index contributed by atoms with van der Waals surface area (Å²) in [5, 5.41) is 13.6. The van der Waals surface area contributed by atoms with E-state index in [0.717, 1.165) is 31.1 Å². The van der Waals surface area contributed by atoms with E-state index in [2.05, 4.69) is 28.4 Å². The van der Waals surface area contributed by atoms with E-state index >= 15 is 0 Å². The molecule has 0 spiro atoms. The number of aliphatic hydroxyl groups is 1. The smallest absolute Gasteiger partial charge is 0.0494 e. The predicted molar refractivity (Wildman–Crippen MR) is 87.9 cm³/mol. The van der Waals surface area contributed by atoms with Crippen LogP contribution in [0, 0.1) is 5.92 Å². The van der Waals surface area contributed by atoms with Gasteiger partial charge in [0.05, 0.1) is 0 Å². The Morgan fingerprint density at radius 3 is 2.76 bits per heavy atom. The summed E-state index contributed by atoms with van der Waals surface area (Å²) in [4.78, 5) is 2.43. The molecule has 1 saturated heterocycles. The number of nitrogens with zero attached hydrogens (tertiary/aromatic N) is 1. The topological polar surface area (TPSA) is 35.5 Å². The molecular weight excluding hydrogens is 284 g/mol. The first-order valence-corrected chi connectivity index (χ1v) is 8.20. The molecule has 0 aromatic heterocycles. The van der Waals surface area contributed by atoms with Crippen molar-refractivity contribution < 1.29 is 5.11 Å². The van der Waals surface area contributed by atoms with Crippen LogP contribution in [0.25, 0.3) is 0 Å². The van der Waals surface area contributed by atoms with Crippen molar-refractivity contribution in [3.63, 3.8) is 0 Å². The molecule has 2 N–H and O–H groups in total. The van der Waals surface area contributed by atoms with Gasteiger partial charge in [0, 0.05) is 54.5 Å². The van der Waals surface area contributed by atoms with E-state index in [1.807, 2.05) is 12.1 Å². The molecule has 114 valence electrons. The third-order valence-electron chi connectivity index (χ3n) is 4.49. The molecule has 21 heavy (non-hydrogen) atoms. The fourth-order valence-corrected chi connectivity index (χ4v) is 3.51. The Kier molecular flexibility index (Phi) is 4.84. The van der Waals surface area contributed by atoms with Crippen molar-refractivity contribution in [3.05, 3.63) is 40.9 Å². The molecule has 0 amide bonds. The minimum absolute atomic E-state index is 0.236. The average Bonchev–Trinajstić information content (AvgIpc) is 3.17. The third-order valence-corrected chi connectivity index (χ3v) is 4.84. The molecule has 1 fully saturated rings. The maximum Gasteiger partial charge on any atom is 0.0494 e. The van der Waals surface area contributed by atoms with Crippen LogP contribution in [-0.4, -0.2) is 30.8 Å². The quantitative estimate of drug-likeness (QED) is 0.821. The van der Waals surface area contributed by atoms with Crippen molar-refractivity contribution in [2.24, 2.45) is 5.92 Å². The number of nitrogens with one attached hydrogen (secondary N) is 1. The zero-order valence-electron chi connectivity index (χ0n) is 12.3. The van der Waals surface area contributed by atoms with E-state index in [4.69, 9.17) is 11.6 Å². The number of halogens is 1. The first-order valence-electron chi connectivity index (χ1n) is 7.83. The maximum atomic E-state index is 9.19. The van der Waals surface area contributed by atoms with Crippen LogP contribution < -0.4 is 10.2 Å². The van der Waals surface area contributed by atoms with Gasteiger partial charge >= 0.3 is 0 Å². The number of anilines is 1. The van der Waals surface area contributed by atoms with Gasteiger partial charge < -0.3 is 15.3 Å². The third kappa shape index (κ3) is 3.42. The highest BCUT2D eigenvalue weighted by molar-refractivity contribution is 6.31. The number of benzene rings is 1. The monoisotopic (exact) mass is 306 g/mol. The van der Waals surface area contributed by atoms with Gasteiger partial charge in [-0.1, -0.05) is 29.8 Å². The fourth-order valence-electron chi connectivity index (χ4n) is 3.27. The molecule has 0 radical (unpaired) electrons. The second-order valence-electron chi connectivity index (χ2n) is 5.98. The molecule has 0 unspecified atom stereocenters. The van der Waals surface area contributed by atoms with Crippen LogP contribution >= 0.6 is 11.6 Å². The van der Waals surface area contributed by atoms with Crippen LogP contribution in [0.5, 0.6) is 0 Å². The summed E-state index contributed by atoms with van der Waals surface area (Å²) in [5.74, 6) is 0.298. The van der Waals surface area contributed by atoms with Crippen molar-refractivity contribution in [2.45, 2.75) is 31.8 Å². The van der Waals surface area contributed by atoms with Crippen molar-refractivity contribution >= 4 is 17.3 Å². The Morgan fingerprint density at radius 1 is 1.24 bits per heavy atom. The molecule has 0 saturated carbocycles. The minimum atomic E-state index is 0.236. The van der Waals surface area contributed by atoms with E-state index in [1.54, 1.807) is 0 Å². The van der Waals surface area contributed by atoms with Gasteiger partial charge in [0.15, 0.2) is 0 Å². The summed E-state index contributed by atoms with van der Waals surface area (Å²) in [6, 6.07) is 6.52. The Bertz CT molecular complexity index is 512. The summed E-state index contributed by atoms with van der Waals surface area (Å²) in [5.41, 5.74) is 2.47. The van der Waals surface area contributed by atoms with Crippen molar-refractivity contribution in [1.82, 2.24) is 5.32 Å². The van der Waals surface area contributed by atoms with E-state index in [9.17, 15) is 5.11 Å². The van der Waals surface area contributed by atoms with Crippen LogP contribution in [-0.2, 0) is 6.54 Å². The van der Waals surface area contributed by atoms with Gasteiger partial charge in [0.2, 0.25) is 0 Å². The van der Waals surface area contributed by atoms with E-state index in [-0.39, 0.29) is 6.61 Å². The first-order chi connectivity index (χ1) is 10.3. The molecule has 4 heteroatoms. The lowest BCUT2D eigenvalue weighted by Gasteiger charge is -2.23. The molecule has 0 bridgehead atoms. The molecule has 1 aliphatic heterocycles. The lowest BCUT2D eigenvalue weighted by molar-refractivity contribution is 0.246. The van der Waals surface area contributed by atoms with Crippen LogP contribution in [0.4, 0.5) is 5.69 Å². The molecule has 2 aliphatic rings. The fraction of sp³-hybridized carbons (Fsp3) is 0.529. The van der Waals surface area contributed by atoms with Crippen molar-refractivity contribution in [3.8, 4) is 0 Å². The van der Waals surface area contributed by atoms with Gasteiger partial charge in [-0.15, -0.1) is 0 Å². The van der Waals surface area contributed by atoms with Gasteiger partial charge in [0.1, 0.15) is 0 Å². The van der Waals surface area contributed by atoms with E-state index in [0.29, 0.717) is 12.0 Å². The van der Waals surface area contributed by atoms with Gasteiger partial charge in [0.25, 0.3) is 0 Å². The predicted octanol–water partition coefficient (Wildman–Crippen LogP) is 2.97. The molecule has 3 rings (SSSR count). The Morgan fingerprint density at radius 2 is 2.05 bits per heavy atom. The lowest BCUT2D eigenvalue weighted by atomic mass is 10.1. The highest BCUT2D eigenvalue weighted by Gasteiger charge is 2.20. The van der Waals surface area contributed by atoms with E-state index in [1.165, 1.54) is 24.1 Å². The van der Waals surface area contributed by atoms with Crippen molar-refractivity contribution in [1.29, 1.82) is 0 Å². The summed E-state index contributed by atoms with van der Waals surface area (Å²) < 4.78 is 0. The zero-order chi connectivity index (χ0) is 14.7. The van der Waals surface area contributed by atoms with Crippen LogP contribution in [0.15, 0.2) is 30.4 Å². The Balaban J connectivity index is 1.68. The first kappa shape index (κ1) is 14.9. The number of hydrogen-bond donors (Lipinski definition) is 2. The van der Waals surface area contributed by atoms with Crippen LogP contribution in [0.1, 0.15) is 24.8 Å². The second kappa shape index (κ2) is 6.82. The lowest BCUT2D eigenvalue weighted by Crippen LogP contribution is -2.28. The average molecular weight is 307 g/mol. The molecule has 1 aromatic carbocycles. The summed E-state index contributed by atoms with van der Waals surface area (Å²) in [6.07, 6.45) is 7.77. The van der Waals surface area contributed by atoms with Crippen LogP contribution in [0.2, 0.25) is 5.02 Å². The molecule has 2 atom stereocenters. The highest BCUT2D eigenvalue weighted by Crippen LogP contribution is 2.30. The Labute approximate surface area is 131 Å². The molecule has 1 heterocycles. The van der Waals surface area contributed by atoms with Crippen LogP contribution in [0.3, 0.4) is 0 Å². The second-order valence-corrected chi connectivity index (χ2v) is 6.39. The minimum Gasteiger partial charge on any atom is -0.396 e. The largest absolute Gasteiger partial charge is 0.396 e. The van der Waals surface area contributed by atoms with Crippen molar-refractivity contribution in [2.75, 3.05) is 24.6 Å². The summed E-state index contributed by atoms with van der Waals surface area (Å²) in [6.45, 7) is 3.27. The standard InChI is InChI=1S/C17H23ClN2O/c18-16-4-3-5-17(20-8-1-2-9-20)15(16)11-19-14-7-6-13(10-14)12-21/h3-7,13-14,19,21H,1-2,8-12H2/t13-,14+/m0/s1. The normalized spacial score (nSPS) is 25.0. The van der Waals surface area contributed by atoms with Gasteiger partial charge in [-0.25, -0.2) is 0 Å². The number of hydrogen-bond acceptors (Lipinski definition) is 3. The van der Waals surface area contributed by atoms with Gasteiger partial charge in [-0.2, -0.15) is 0 Å². The number of rotatable bonds is 5. The maximum absolute atomic E-state index is 9.19. The molecule has 1 aliphatic carbocycles. The molecular formula is C17H23ClN2O. The van der Waals surface area contributed by atoms with Gasteiger partial charge in [-0.05, 0) is 31.4 Å². The summed E-state index contributed by atoms with van der Waals surface area (Å²) >= 11 is 6.42. The Hall–Kier alpha value is -1.03. The molecule has 3 nitrogen and oxygen atoms in total.